The monoisotopic (exact) mass is 450 g/mol. The van der Waals surface area contributed by atoms with Crippen LogP contribution in [0.25, 0.3) is 0 Å². The van der Waals surface area contributed by atoms with Gasteiger partial charge in [0.25, 0.3) is 5.91 Å². The molecule has 0 bridgehead atoms. The Morgan fingerprint density at radius 1 is 1.06 bits per heavy atom. The number of aromatic nitrogens is 1. The first kappa shape index (κ1) is 21.0. The zero-order valence-electron chi connectivity index (χ0n) is 16.7. The number of hydrogen-bond acceptors (Lipinski definition) is 5. The number of anilines is 1. The molecule has 4 rings (SSSR count). The number of hydrogen-bond donors (Lipinski definition) is 1. The summed E-state index contributed by atoms with van der Waals surface area (Å²) in [6.07, 6.45) is 0. The second-order valence-electron chi connectivity index (χ2n) is 6.73. The summed E-state index contributed by atoms with van der Waals surface area (Å²) in [7, 11) is 0. The van der Waals surface area contributed by atoms with E-state index in [1.165, 1.54) is 11.8 Å². The van der Waals surface area contributed by atoms with E-state index >= 15 is 0 Å². The third kappa shape index (κ3) is 5.48. The topological polar surface area (TPSA) is 64.4 Å². The Balaban J connectivity index is 1.42. The van der Waals surface area contributed by atoms with Gasteiger partial charge in [0.05, 0.1) is 22.0 Å². The van der Waals surface area contributed by atoms with E-state index in [0.29, 0.717) is 33.5 Å². The summed E-state index contributed by atoms with van der Waals surface area (Å²) >= 11 is 7.66. The van der Waals surface area contributed by atoms with Crippen LogP contribution in [0.3, 0.4) is 0 Å². The van der Waals surface area contributed by atoms with Crippen molar-refractivity contribution in [1.82, 2.24) is 5.16 Å². The number of ether oxygens (including phenoxy) is 1. The summed E-state index contributed by atoms with van der Waals surface area (Å²) in [6, 6.07) is 23.8. The molecule has 1 N–H and O–H groups in total. The number of thioether (sulfide) groups is 1. The number of rotatable bonds is 7. The first-order chi connectivity index (χ1) is 15.1. The lowest BCUT2D eigenvalue weighted by molar-refractivity contribution is 0.102. The number of benzene rings is 3. The van der Waals surface area contributed by atoms with E-state index in [4.69, 9.17) is 20.9 Å². The Kier molecular flexibility index (Phi) is 6.60. The molecule has 0 fully saturated rings. The molecule has 0 aliphatic heterocycles. The third-order valence-electron chi connectivity index (χ3n) is 4.36. The molecule has 0 radical (unpaired) electrons. The fraction of sp³-hybridized carbons (Fsp3) is 0.0833. The number of nitrogens with zero attached hydrogens (tertiary/aromatic N) is 1. The van der Waals surface area contributed by atoms with E-state index in [1.807, 2.05) is 43.3 Å². The van der Waals surface area contributed by atoms with Gasteiger partial charge in [-0.2, -0.15) is 0 Å². The van der Waals surface area contributed by atoms with E-state index in [2.05, 4.69) is 10.5 Å². The van der Waals surface area contributed by atoms with Gasteiger partial charge in [0.1, 0.15) is 17.3 Å². The molecule has 3 aromatic carbocycles. The molecular formula is C24H19ClN2O3S. The SMILES string of the molecule is Cc1cc(CSc2ccccc2C(=O)Nc2ccc(Oc3ccccc3Cl)cc2)on1. The molecule has 0 aliphatic rings. The largest absolute Gasteiger partial charge is 0.456 e. The fourth-order valence-corrected chi connectivity index (χ4v) is 3.97. The first-order valence-corrected chi connectivity index (χ1v) is 10.9. The molecule has 0 saturated carbocycles. The average molecular weight is 451 g/mol. The Bertz CT molecular complexity index is 1190. The molecule has 31 heavy (non-hydrogen) atoms. The maximum Gasteiger partial charge on any atom is 0.256 e. The number of halogens is 1. The van der Waals surface area contributed by atoms with Crippen molar-refractivity contribution in [3.05, 3.63) is 101 Å². The lowest BCUT2D eigenvalue weighted by Gasteiger charge is -2.11. The lowest BCUT2D eigenvalue weighted by Crippen LogP contribution is -2.12. The molecule has 0 atom stereocenters. The molecule has 0 aliphatic carbocycles. The van der Waals surface area contributed by atoms with Crippen LogP contribution in [0.15, 0.2) is 88.3 Å². The third-order valence-corrected chi connectivity index (χ3v) is 5.76. The van der Waals surface area contributed by atoms with Crippen LogP contribution < -0.4 is 10.1 Å². The van der Waals surface area contributed by atoms with Gasteiger partial charge in [0.2, 0.25) is 0 Å². The highest BCUT2D eigenvalue weighted by atomic mass is 35.5. The smallest absolute Gasteiger partial charge is 0.256 e. The molecule has 1 amide bonds. The van der Waals surface area contributed by atoms with Crippen LogP contribution in [0.5, 0.6) is 11.5 Å². The van der Waals surface area contributed by atoms with Gasteiger partial charge in [0, 0.05) is 16.6 Å². The van der Waals surface area contributed by atoms with Crippen molar-refractivity contribution < 1.29 is 14.1 Å². The fourth-order valence-electron chi connectivity index (χ4n) is 2.87. The molecule has 7 heteroatoms. The van der Waals surface area contributed by atoms with Gasteiger partial charge >= 0.3 is 0 Å². The van der Waals surface area contributed by atoms with Gasteiger partial charge in [-0.15, -0.1) is 11.8 Å². The minimum Gasteiger partial charge on any atom is -0.456 e. The van der Waals surface area contributed by atoms with E-state index in [0.717, 1.165) is 16.3 Å². The highest BCUT2D eigenvalue weighted by Crippen LogP contribution is 2.30. The number of carbonyl (C=O) groups excluding carboxylic acids is 1. The summed E-state index contributed by atoms with van der Waals surface area (Å²) < 4.78 is 11.0. The zero-order valence-corrected chi connectivity index (χ0v) is 18.2. The Hall–Kier alpha value is -3.22. The van der Waals surface area contributed by atoms with Crippen molar-refractivity contribution in [2.75, 3.05) is 5.32 Å². The minimum absolute atomic E-state index is 0.184. The molecule has 4 aromatic rings. The van der Waals surface area contributed by atoms with Crippen LogP contribution in [0.1, 0.15) is 21.8 Å². The molecule has 0 spiro atoms. The highest BCUT2D eigenvalue weighted by molar-refractivity contribution is 7.98. The Morgan fingerprint density at radius 3 is 2.55 bits per heavy atom. The second kappa shape index (κ2) is 9.73. The lowest BCUT2D eigenvalue weighted by atomic mass is 10.2. The summed E-state index contributed by atoms with van der Waals surface area (Å²) in [4.78, 5) is 13.7. The van der Waals surface area contributed by atoms with Crippen LogP contribution in [0.2, 0.25) is 5.02 Å². The van der Waals surface area contributed by atoms with E-state index in [9.17, 15) is 4.79 Å². The van der Waals surface area contributed by atoms with Crippen LogP contribution in [0, 0.1) is 6.92 Å². The Morgan fingerprint density at radius 2 is 1.81 bits per heavy atom. The van der Waals surface area contributed by atoms with Gasteiger partial charge in [-0.05, 0) is 55.5 Å². The van der Waals surface area contributed by atoms with Crippen molar-refractivity contribution in [2.24, 2.45) is 0 Å². The van der Waals surface area contributed by atoms with Crippen molar-refractivity contribution in [2.45, 2.75) is 17.6 Å². The van der Waals surface area contributed by atoms with Crippen molar-refractivity contribution in [3.8, 4) is 11.5 Å². The number of carbonyl (C=O) groups is 1. The number of para-hydroxylation sites is 1. The second-order valence-corrected chi connectivity index (χ2v) is 8.15. The summed E-state index contributed by atoms with van der Waals surface area (Å²) in [5.74, 6) is 2.39. The predicted octanol–water partition coefficient (Wildman–Crippen LogP) is 6.97. The normalized spacial score (nSPS) is 10.6. The molecule has 5 nitrogen and oxygen atoms in total. The Labute approximate surface area is 189 Å². The quantitative estimate of drug-likeness (QED) is 0.308. The van der Waals surface area contributed by atoms with Crippen molar-refractivity contribution in [1.29, 1.82) is 0 Å². The molecule has 1 heterocycles. The molecular weight excluding hydrogens is 432 g/mol. The highest BCUT2D eigenvalue weighted by Gasteiger charge is 2.13. The average Bonchev–Trinajstić information content (AvgIpc) is 3.20. The predicted molar refractivity (Wildman–Crippen MR) is 123 cm³/mol. The number of aryl methyl sites for hydroxylation is 1. The molecule has 156 valence electrons. The molecule has 0 saturated heterocycles. The number of nitrogens with one attached hydrogen (secondary N) is 1. The van der Waals surface area contributed by atoms with Crippen LogP contribution >= 0.6 is 23.4 Å². The van der Waals surface area contributed by atoms with Crippen LogP contribution in [-0.2, 0) is 5.75 Å². The maximum atomic E-state index is 12.9. The first-order valence-electron chi connectivity index (χ1n) is 9.56. The van der Waals surface area contributed by atoms with Gasteiger partial charge in [-0.1, -0.05) is 41.0 Å². The minimum atomic E-state index is -0.184. The van der Waals surface area contributed by atoms with Crippen molar-refractivity contribution >= 4 is 35.0 Å². The van der Waals surface area contributed by atoms with Gasteiger partial charge in [-0.3, -0.25) is 4.79 Å². The van der Waals surface area contributed by atoms with Crippen LogP contribution in [-0.4, -0.2) is 11.1 Å². The van der Waals surface area contributed by atoms with E-state index < -0.39 is 0 Å². The molecule has 1 aromatic heterocycles. The summed E-state index contributed by atoms with van der Waals surface area (Å²) in [5, 5.41) is 7.37. The number of amides is 1. The summed E-state index contributed by atoms with van der Waals surface area (Å²) in [6.45, 7) is 1.88. The van der Waals surface area contributed by atoms with Crippen molar-refractivity contribution in [3.63, 3.8) is 0 Å². The zero-order chi connectivity index (χ0) is 21.6. The summed E-state index contributed by atoms with van der Waals surface area (Å²) in [5.41, 5.74) is 2.10. The van der Waals surface area contributed by atoms with Crippen LogP contribution in [0.4, 0.5) is 5.69 Å². The molecule has 0 unspecified atom stereocenters. The van der Waals surface area contributed by atoms with Gasteiger partial charge in [0.15, 0.2) is 0 Å². The van der Waals surface area contributed by atoms with Gasteiger partial charge < -0.3 is 14.6 Å². The van der Waals surface area contributed by atoms with E-state index in [1.54, 1.807) is 42.5 Å². The standard InChI is InChI=1S/C24H19ClN2O3S/c1-16-14-19(30-27-16)15-31-23-9-5-2-6-20(23)24(28)26-17-10-12-18(13-11-17)29-22-8-4-3-7-21(22)25/h2-14H,15H2,1H3,(H,26,28). The van der Waals surface area contributed by atoms with E-state index in [-0.39, 0.29) is 5.91 Å². The maximum absolute atomic E-state index is 12.9. The van der Waals surface area contributed by atoms with Gasteiger partial charge in [-0.25, -0.2) is 0 Å².